The maximum absolute atomic E-state index is 11.6. The van der Waals surface area contributed by atoms with Gasteiger partial charge < -0.3 is 14.4 Å². The lowest BCUT2D eigenvalue weighted by Crippen LogP contribution is -2.17. The van der Waals surface area contributed by atoms with Crippen molar-refractivity contribution in [2.24, 2.45) is 0 Å². The van der Waals surface area contributed by atoms with Crippen LogP contribution in [0.15, 0.2) is 24.3 Å². The molecule has 0 saturated carbocycles. The molecule has 1 fully saturated rings. The van der Waals surface area contributed by atoms with E-state index in [0.29, 0.717) is 24.4 Å². The molecule has 1 unspecified atom stereocenters. The number of rotatable bonds is 4. The molecule has 0 spiro atoms. The highest BCUT2D eigenvalue weighted by Crippen LogP contribution is 2.31. The lowest BCUT2D eigenvalue weighted by Gasteiger charge is -2.10. The summed E-state index contributed by atoms with van der Waals surface area (Å²) in [5, 5.41) is 0. The summed E-state index contributed by atoms with van der Waals surface area (Å²) in [7, 11) is 1.34. The van der Waals surface area contributed by atoms with E-state index in [9.17, 15) is 9.59 Å². The molecule has 1 aliphatic rings. The fraction of sp³-hybridized carbons (Fsp3) is 0.385. The molecular formula is C13H15NO4. The number of hydrogen-bond acceptors (Lipinski definition) is 5. The maximum Gasteiger partial charge on any atom is 0.339 e. The third-order valence-electron chi connectivity index (χ3n) is 2.79. The van der Waals surface area contributed by atoms with Crippen LogP contribution >= 0.6 is 0 Å². The third-order valence-corrected chi connectivity index (χ3v) is 2.79. The molecule has 1 aliphatic heterocycles. The van der Waals surface area contributed by atoms with Gasteiger partial charge in [-0.2, -0.15) is 0 Å². The summed E-state index contributed by atoms with van der Waals surface area (Å²) in [6.07, 6.45) is 0. The summed E-state index contributed by atoms with van der Waals surface area (Å²) in [6.45, 7) is 2.71. The van der Waals surface area contributed by atoms with Gasteiger partial charge in [-0.15, -0.1) is 0 Å². The zero-order chi connectivity index (χ0) is 13.1. The molecule has 2 rings (SSSR count). The number of methoxy groups -OCH3 is 1. The van der Waals surface area contributed by atoms with Crippen LogP contribution in [0.5, 0.6) is 0 Å². The van der Waals surface area contributed by atoms with Gasteiger partial charge in [-0.3, -0.25) is 0 Å². The smallest absolute Gasteiger partial charge is 0.339 e. The molecule has 0 N–H and O–H groups in total. The number of para-hydroxylation sites is 1. The Labute approximate surface area is 105 Å². The molecule has 1 heterocycles. The van der Waals surface area contributed by atoms with Gasteiger partial charge in [0.2, 0.25) is 0 Å². The van der Waals surface area contributed by atoms with Crippen molar-refractivity contribution in [2.75, 3.05) is 25.2 Å². The Balaban J connectivity index is 2.16. The first-order valence-corrected chi connectivity index (χ1v) is 5.79. The lowest BCUT2D eigenvalue weighted by molar-refractivity contribution is -0.142. The van der Waals surface area contributed by atoms with Crippen molar-refractivity contribution in [3.05, 3.63) is 29.8 Å². The van der Waals surface area contributed by atoms with Crippen LogP contribution in [-0.2, 0) is 14.3 Å². The Morgan fingerprint density at radius 3 is 2.78 bits per heavy atom. The van der Waals surface area contributed by atoms with Gasteiger partial charge in [0, 0.05) is 0 Å². The zero-order valence-corrected chi connectivity index (χ0v) is 10.4. The minimum atomic E-state index is -0.403. The SMILES string of the molecule is CCOC(=O)C1CN1c1ccccc1C(=O)OC. The Bertz CT molecular complexity index is 472. The summed E-state index contributed by atoms with van der Waals surface area (Å²) in [4.78, 5) is 25.0. The molecule has 0 amide bonds. The molecule has 96 valence electrons. The van der Waals surface area contributed by atoms with Gasteiger partial charge in [0.1, 0.15) is 6.04 Å². The molecule has 0 aliphatic carbocycles. The first kappa shape index (κ1) is 12.4. The van der Waals surface area contributed by atoms with Crippen molar-refractivity contribution < 1.29 is 19.1 Å². The van der Waals surface area contributed by atoms with E-state index in [0.717, 1.165) is 0 Å². The van der Waals surface area contributed by atoms with Crippen LogP contribution in [0, 0.1) is 0 Å². The van der Waals surface area contributed by atoms with Gasteiger partial charge in [0.05, 0.1) is 31.5 Å². The van der Waals surface area contributed by atoms with Gasteiger partial charge in [0.25, 0.3) is 0 Å². The average Bonchev–Trinajstić information content (AvgIpc) is 3.18. The zero-order valence-electron chi connectivity index (χ0n) is 10.4. The van der Waals surface area contributed by atoms with E-state index in [1.54, 1.807) is 25.1 Å². The Morgan fingerprint density at radius 1 is 1.39 bits per heavy atom. The molecule has 1 saturated heterocycles. The Hall–Kier alpha value is -2.04. The number of carbonyl (C=O) groups excluding carboxylic acids is 2. The van der Waals surface area contributed by atoms with E-state index in [4.69, 9.17) is 9.47 Å². The first-order valence-electron chi connectivity index (χ1n) is 5.79. The normalized spacial score (nSPS) is 17.2. The van der Waals surface area contributed by atoms with Gasteiger partial charge >= 0.3 is 11.9 Å². The van der Waals surface area contributed by atoms with Crippen molar-refractivity contribution in [2.45, 2.75) is 13.0 Å². The molecule has 1 aromatic carbocycles. The van der Waals surface area contributed by atoms with Crippen LogP contribution in [-0.4, -0.2) is 38.2 Å². The van der Waals surface area contributed by atoms with Crippen molar-refractivity contribution in [1.29, 1.82) is 0 Å². The average molecular weight is 249 g/mol. The maximum atomic E-state index is 11.6. The molecule has 1 aromatic rings. The second-order valence-electron chi connectivity index (χ2n) is 3.93. The fourth-order valence-electron chi connectivity index (χ4n) is 1.85. The lowest BCUT2D eigenvalue weighted by atomic mass is 10.2. The number of nitrogens with zero attached hydrogens (tertiary/aromatic N) is 1. The highest BCUT2D eigenvalue weighted by Gasteiger charge is 2.43. The quantitative estimate of drug-likeness (QED) is 0.593. The minimum Gasteiger partial charge on any atom is -0.465 e. The van der Waals surface area contributed by atoms with Crippen LogP contribution in [0.25, 0.3) is 0 Å². The highest BCUT2D eigenvalue weighted by atomic mass is 16.5. The van der Waals surface area contributed by atoms with Crippen LogP contribution in [0.4, 0.5) is 5.69 Å². The van der Waals surface area contributed by atoms with E-state index in [2.05, 4.69) is 0 Å². The first-order chi connectivity index (χ1) is 8.69. The van der Waals surface area contributed by atoms with Crippen molar-refractivity contribution in [3.8, 4) is 0 Å². The van der Waals surface area contributed by atoms with Crippen molar-refractivity contribution >= 4 is 17.6 Å². The predicted molar refractivity (Wildman–Crippen MR) is 65.5 cm³/mol. The summed E-state index contributed by atoms with van der Waals surface area (Å²) in [5.74, 6) is -0.655. The number of benzene rings is 1. The van der Waals surface area contributed by atoms with Gasteiger partial charge in [-0.05, 0) is 19.1 Å². The fourth-order valence-corrected chi connectivity index (χ4v) is 1.85. The van der Waals surface area contributed by atoms with E-state index < -0.39 is 5.97 Å². The highest BCUT2D eigenvalue weighted by molar-refractivity contribution is 5.98. The topological polar surface area (TPSA) is 55.6 Å². The van der Waals surface area contributed by atoms with Crippen LogP contribution < -0.4 is 4.90 Å². The van der Waals surface area contributed by atoms with Gasteiger partial charge in [0.15, 0.2) is 0 Å². The number of anilines is 1. The summed E-state index contributed by atoms with van der Waals surface area (Å²) < 4.78 is 9.66. The molecule has 1 atom stereocenters. The number of esters is 2. The molecule has 5 nitrogen and oxygen atoms in total. The second-order valence-corrected chi connectivity index (χ2v) is 3.93. The molecule has 18 heavy (non-hydrogen) atoms. The number of hydrogen-bond donors (Lipinski definition) is 0. The van der Waals surface area contributed by atoms with Gasteiger partial charge in [-0.1, -0.05) is 12.1 Å². The van der Waals surface area contributed by atoms with Crippen LogP contribution in [0.3, 0.4) is 0 Å². The van der Waals surface area contributed by atoms with E-state index >= 15 is 0 Å². The third kappa shape index (κ3) is 2.30. The molecule has 0 radical (unpaired) electrons. The van der Waals surface area contributed by atoms with Gasteiger partial charge in [-0.25, -0.2) is 9.59 Å². The van der Waals surface area contributed by atoms with Crippen molar-refractivity contribution in [1.82, 2.24) is 0 Å². The van der Waals surface area contributed by atoms with Crippen LogP contribution in [0.1, 0.15) is 17.3 Å². The van der Waals surface area contributed by atoms with E-state index in [1.165, 1.54) is 7.11 Å². The molecule has 0 bridgehead atoms. The minimum absolute atomic E-state index is 0.253. The van der Waals surface area contributed by atoms with Crippen molar-refractivity contribution in [3.63, 3.8) is 0 Å². The molecule has 0 aromatic heterocycles. The number of carbonyl (C=O) groups is 2. The number of ether oxygens (including phenoxy) is 2. The Kier molecular flexibility index (Phi) is 3.50. The molecule has 5 heteroatoms. The summed E-state index contributed by atoms with van der Waals surface area (Å²) in [5.41, 5.74) is 1.18. The summed E-state index contributed by atoms with van der Waals surface area (Å²) in [6, 6.07) is 6.78. The predicted octanol–water partition coefficient (Wildman–Crippen LogP) is 1.22. The standard InChI is InChI=1S/C13H15NO4/c1-3-18-13(16)11-8-14(11)10-7-5-4-6-9(10)12(15)17-2/h4-7,11H,3,8H2,1-2H3. The summed E-state index contributed by atoms with van der Waals surface area (Å²) >= 11 is 0. The van der Waals surface area contributed by atoms with Crippen LogP contribution in [0.2, 0.25) is 0 Å². The van der Waals surface area contributed by atoms with E-state index in [-0.39, 0.29) is 12.0 Å². The molecular weight excluding hydrogens is 234 g/mol. The van der Waals surface area contributed by atoms with E-state index in [1.807, 2.05) is 11.0 Å². The Morgan fingerprint density at radius 2 is 2.11 bits per heavy atom. The largest absolute Gasteiger partial charge is 0.465 e. The monoisotopic (exact) mass is 249 g/mol. The second kappa shape index (κ2) is 5.08.